The van der Waals surface area contributed by atoms with E-state index in [2.05, 4.69) is 74.5 Å². The van der Waals surface area contributed by atoms with Gasteiger partial charge in [0.25, 0.3) is 0 Å². The summed E-state index contributed by atoms with van der Waals surface area (Å²) in [5.74, 6) is 2.31. The molecule has 28 heavy (non-hydrogen) atoms. The number of hydrogen-bond donors (Lipinski definition) is 2. The lowest BCUT2D eigenvalue weighted by molar-refractivity contribution is 0.660. The summed E-state index contributed by atoms with van der Waals surface area (Å²) in [5.41, 5.74) is 3.36. The Bertz CT molecular complexity index is 914. The van der Waals surface area contributed by atoms with Crippen molar-refractivity contribution >= 4 is 52.3 Å². The number of para-hydroxylation sites is 2. The van der Waals surface area contributed by atoms with Gasteiger partial charge < -0.3 is 15.2 Å². The summed E-state index contributed by atoms with van der Waals surface area (Å²) in [6.07, 6.45) is 0. The zero-order valence-electron chi connectivity index (χ0n) is 16.9. The van der Waals surface area contributed by atoms with Gasteiger partial charge in [-0.15, -0.1) is 35.3 Å². The average molecular weight is 512 g/mol. The maximum absolute atomic E-state index is 4.68. The number of hydrogen-bond acceptors (Lipinski definition) is 4. The Morgan fingerprint density at radius 2 is 2.00 bits per heavy atom. The summed E-state index contributed by atoms with van der Waals surface area (Å²) in [5, 5.41) is 9.90. The number of aliphatic imine (C=N–C) groups is 1. The molecule has 0 aliphatic rings. The summed E-state index contributed by atoms with van der Waals surface area (Å²) in [4.78, 5) is 14.0. The highest BCUT2D eigenvalue weighted by Crippen LogP contribution is 2.18. The van der Waals surface area contributed by atoms with E-state index in [4.69, 9.17) is 0 Å². The summed E-state index contributed by atoms with van der Waals surface area (Å²) < 4.78 is 2.24. The topological polar surface area (TPSA) is 67.1 Å². The lowest BCUT2D eigenvalue weighted by atomic mass is 10.2. The van der Waals surface area contributed by atoms with Gasteiger partial charge in [0.1, 0.15) is 10.8 Å². The Morgan fingerprint density at radius 1 is 1.21 bits per heavy atom. The molecule has 0 atom stereocenters. The van der Waals surface area contributed by atoms with Crippen molar-refractivity contribution in [1.29, 1.82) is 0 Å². The number of halogens is 1. The molecule has 3 aromatic rings. The molecule has 2 heterocycles. The van der Waals surface area contributed by atoms with Crippen molar-refractivity contribution in [3.8, 4) is 0 Å². The van der Waals surface area contributed by atoms with Gasteiger partial charge in [-0.25, -0.2) is 15.0 Å². The maximum Gasteiger partial charge on any atom is 0.191 e. The highest BCUT2D eigenvalue weighted by atomic mass is 127. The van der Waals surface area contributed by atoms with Gasteiger partial charge in [0.05, 0.1) is 23.3 Å². The molecule has 8 heteroatoms. The van der Waals surface area contributed by atoms with Crippen LogP contribution in [0.25, 0.3) is 11.0 Å². The van der Waals surface area contributed by atoms with Crippen molar-refractivity contribution in [3.05, 3.63) is 46.2 Å². The molecule has 6 nitrogen and oxygen atoms in total. The number of aromatic nitrogens is 3. The van der Waals surface area contributed by atoms with Gasteiger partial charge >= 0.3 is 0 Å². The molecule has 2 N–H and O–H groups in total. The number of rotatable bonds is 7. The minimum atomic E-state index is 0. The largest absolute Gasteiger partial charge is 0.357 e. The molecular formula is C20H29IN6S. The molecule has 2 aromatic heterocycles. The van der Waals surface area contributed by atoms with Gasteiger partial charge in [0, 0.05) is 25.0 Å². The third-order valence-electron chi connectivity index (χ3n) is 4.35. The van der Waals surface area contributed by atoms with Crippen LogP contribution in [-0.4, -0.2) is 33.6 Å². The van der Waals surface area contributed by atoms with E-state index in [1.807, 2.05) is 13.0 Å². The second-order valence-electron chi connectivity index (χ2n) is 6.74. The molecule has 3 rings (SSSR count). The van der Waals surface area contributed by atoms with Gasteiger partial charge in [0.15, 0.2) is 5.96 Å². The molecule has 0 bridgehead atoms. The minimum Gasteiger partial charge on any atom is -0.357 e. The van der Waals surface area contributed by atoms with Gasteiger partial charge in [-0.2, -0.15) is 0 Å². The average Bonchev–Trinajstić information content (AvgIpc) is 3.24. The fourth-order valence-corrected chi connectivity index (χ4v) is 3.79. The zero-order valence-corrected chi connectivity index (χ0v) is 20.0. The monoisotopic (exact) mass is 512 g/mol. The van der Waals surface area contributed by atoms with Crippen LogP contribution in [0.1, 0.15) is 43.2 Å². The molecule has 0 aliphatic carbocycles. The normalized spacial score (nSPS) is 11.7. The van der Waals surface area contributed by atoms with Crippen LogP contribution in [-0.2, 0) is 13.1 Å². The standard InChI is InChI=1S/C20H28N6S.HI/c1-5-21-20(23-12-19-25-17(13-27-19)14(2)3)22-10-11-26-15(4)24-16-8-6-7-9-18(16)26;/h6-9,13-14H,5,10-12H2,1-4H3,(H2,21,22,23);1H. The first-order chi connectivity index (χ1) is 13.1. The second kappa shape index (κ2) is 10.8. The number of thiazole rings is 1. The number of imidazole rings is 1. The smallest absolute Gasteiger partial charge is 0.191 e. The number of nitrogens with zero attached hydrogens (tertiary/aromatic N) is 4. The number of aryl methyl sites for hydroxylation is 1. The minimum absolute atomic E-state index is 0. The molecule has 0 spiro atoms. The number of fused-ring (bicyclic) bond motifs is 1. The fraction of sp³-hybridized carbons (Fsp3) is 0.450. The third kappa shape index (κ3) is 5.66. The Labute approximate surface area is 187 Å². The number of nitrogens with one attached hydrogen (secondary N) is 2. The van der Waals surface area contributed by atoms with Crippen LogP contribution in [0, 0.1) is 6.92 Å². The first kappa shape index (κ1) is 22.6. The molecule has 0 radical (unpaired) electrons. The lowest BCUT2D eigenvalue weighted by Gasteiger charge is -2.12. The molecule has 152 valence electrons. The highest BCUT2D eigenvalue weighted by Gasteiger charge is 2.08. The summed E-state index contributed by atoms with van der Waals surface area (Å²) in [6.45, 7) is 11.5. The van der Waals surface area contributed by atoms with Crippen LogP contribution in [0.15, 0.2) is 34.6 Å². The van der Waals surface area contributed by atoms with Gasteiger partial charge in [0.2, 0.25) is 0 Å². The first-order valence-electron chi connectivity index (χ1n) is 9.46. The molecule has 0 aliphatic heterocycles. The van der Waals surface area contributed by atoms with E-state index in [1.165, 1.54) is 5.52 Å². The highest BCUT2D eigenvalue weighted by molar-refractivity contribution is 14.0. The summed E-state index contributed by atoms with van der Waals surface area (Å²) >= 11 is 1.68. The van der Waals surface area contributed by atoms with Crippen molar-refractivity contribution in [2.75, 3.05) is 13.1 Å². The molecular weight excluding hydrogens is 483 g/mol. The summed E-state index contributed by atoms with van der Waals surface area (Å²) in [7, 11) is 0. The van der Waals surface area contributed by atoms with E-state index in [-0.39, 0.29) is 24.0 Å². The third-order valence-corrected chi connectivity index (χ3v) is 5.20. The SMILES string of the molecule is CCNC(=NCc1nc(C(C)C)cs1)NCCn1c(C)nc2ccccc21.I. The van der Waals surface area contributed by atoms with E-state index in [0.29, 0.717) is 12.5 Å². The molecule has 0 saturated heterocycles. The van der Waals surface area contributed by atoms with Crippen LogP contribution in [0.4, 0.5) is 0 Å². The van der Waals surface area contributed by atoms with E-state index in [1.54, 1.807) is 11.3 Å². The quantitative estimate of drug-likeness (QED) is 0.282. The van der Waals surface area contributed by atoms with Crippen molar-refractivity contribution in [2.24, 2.45) is 4.99 Å². The van der Waals surface area contributed by atoms with Crippen LogP contribution in [0.3, 0.4) is 0 Å². The van der Waals surface area contributed by atoms with Crippen molar-refractivity contribution in [3.63, 3.8) is 0 Å². The van der Waals surface area contributed by atoms with Crippen LogP contribution < -0.4 is 10.6 Å². The summed E-state index contributed by atoms with van der Waals surface area (Å²) in [6, 6.07) is 8.25. The fourth-order valence-electron chi connectivity index (χ4n) is 2.92. The Hall–Kier alpha value is -1.68. The predicted octanol–water partition coefficient (Wildman–Crippen LogP) is 4.30. The second-order valence-corrected chi connectivity index (χ2v) is 7.68. The maximum atomic E-state index is 4.68. The van der Waals surface area contributed by atoms with Gasteiger partial charge in [-0.05, 0) is 31.9 Å². The first-order valence-corrected chi connectivity index (χ1v) is 10.3. The van der Waals surface area contributed by atoms with E-state index < -0.39 is 0 Å². The Balaban J connectivity index is 0.00000280. The zero-order chi connectivity index (χ0) is 19.2. The predicted molar refractivity (Wildman–Crippen MR) is 129 cm³/mol. The molecule has 0 amide bonds. The lowest BCUT2D eigenvalue weighted by Crippen LogP contribution is -2.38. The van der Waals surface area contributed by atoms with E-state index in [0.717, 1.165) is 47.6 Å². The molecule has 1 aromatic carbocycles. The Kier molecular flexibility index (Phi) is 8.68. The van der Waals surface area contributed by atoms with Gasteiger partial charge in [-0.3, -0.25) is 0 Å². The number of guanidine groups is 1. The van der Waals surface area contributed by atoms with Gasteiger partial charge in [-0.1, -0.05) is 26.0 Å². The molecule has 0 saturated carbocycles. The van der Waals surface area contributed by atoms with E-state index >= 15 is 0 Å². The Morgan fingerprint density at radius 3 is 2.71 bits per heavy atom. The number of benzene rings is 1. The van der Waals surface area contributed by atoms with Crippen molar-refractivity contribution < 1.29 is 0 Å². The van der Waals surface area contributed by atoms with Crippen LogP contribution in [0.2, 0.25) is 0 Å². The van der Waals surface area contributed by atoms with Crippen LogP contribution >= 0.6 is 35.3 Å². The van der Waals surface area contributed by atoms with Crippen LogP contribution in [0.5, 0.6) is 0 Å². The van der Waals surface area contributed by atoms with E-state index in [9.17, 15) is 0 Å². The molecule has 0 unspecified atom stereocenters. The van der Waals surface area contributed by atoms with Crippen molar-refractivity contribution in [2.45, 2.75) is 46.7 Å². The molecule has 0 fully saturated rings. The van der Waals surface area contributed by atoms with Crippen molar-refractivity contribution in [1.82, 2.24) is 25.2 Å².